The molecule has 5 heteroatoms. The van der Waals surface area contributed by atoms with E-state index in [1.54, 1.807) is 12.1 Å². The Morgan fingerprint density at radius 3 is 2.71 bits per heavy atom. The summed E-state index contributed by atoms with van der Waals surface area (Å²) in [6, 6.07) is 9.16. The van der Waals surface area contributed by atoms with Crippen molar-refractivity contribution in [3.05, 3.63) is 52.3 Å². The van der Waals surface area contributed by atoms with E-state index in [-0.39, 0.29) is 0 Å². The number of benzene rings is 1. The second-order valence-electron chi connectivity index (χ2n) is 3.52. The molecule has 0 aliphatic rings. The quantitative estimate of drug-likeness (QED) is 0.636. The summed E-state index contributed by atoms with van der Waals surface area (Å²) in [6.07, 6.45) is 1.85. The fourth-order valence-electron chi connectivity index (χ4n) is 1.33. The molecule has 3 nitrogen and oxygen atoms in total. The van der Waals surface area contributed by atoms with Gasteiger partial charge in [-0.05, 0) is 37.3 Å². The predicted octanol–water partition coefficient (Wildman–Crippen LogP) is 4.16. The van der Waals surface area contributed by atoms with E-state index in [4.69, 9.17) is 23.2 Å². The molecular formula is C12H11Cl2N3. The lowest BCUT2D eigenvalue weighted by atomic mass is 10.3. The topological polar surface area (TPSA) is 40.2 Å². The minimum atomic E-state index is 0.504. The van der Waals surface area contributed by atoms with Crippen LogP contribution < -0.4 is 5.43 Å². The first-order chi connectivity index (χ1) is 8.16. The SMILES string of the molecule is C/C(=N\Nc1ccc(Cl)c(Cl)c1)c1ccc[nH]1. The molecule has 88 valence electrons. The van der Waals surface area contributed by atoms with Crippen molar-refractivity contribution >= 4 is 34.6 Å². The number of hydrazone groups is 1. The highest BCUT2D eigenvalue weighted by atomic mass is 35.5. The van der Waals surface area contributed by atoms with Crippen molar-refractivity contribution in [3.63, 3.8) is 0 Å². The van der Waals surface area contributed by atoms with Gasteiger partial charge in [0.2, 0.25) is 0 Å². The molecule has 0 unspecified atom stereocenters. The fourth-order valence-corrected chi connectivity index (χ4v) is 1.63. The second kappa shape index (κ2) is 5.25. The van der Waals surface area contributed by atoms with E-state index < -0.39 is 0 Å². The average molecular weight is 268 g/mol. The summed E-state index contributed by atoms with van der Waals surface area (Å²) >= 11 is 11.7. The normalized spacial score (nSPS) is 11.6. The summed E-state index contributed by atoms with van der Waals surface area (Å²) in [6.45, 7) is 1.91. The smallest absolute Gasteiger partial charge is 0.0810 e. The molecule has 1 aromatic carbocycles. The molecule has 1 aromatic heterocycles. The van der Waals surface area contributed by atoms with Crippen molar-refractivity contribution in [2.75, 3.05) is 5.43 Å². The van der Waals surface area contributed by atoms with Crippen LogP contribution in [-0.2, 0) is 0 Å². The minimum Gasteiger partial charge on any atom is -0.360 e. The molecule has 0 spiro atoms. The van der Waals surface area contributed by atoms with E-state index in [1.807, 2.05) is 31.3 Å². The van der Waals surface area contributed by atoms with E-state index in [2.05, 4.69) is 15.5 Å². The lowest BCUT2D eigenvalue weighted by Gasteiger charge is -2.03. The molecule has 0 bridgehead atoms. The monoisotopic (exact) mass is 267 g/mol. The van der Waals surface area contributed by atoms with Crippen molar-refractivity contribution in [2.24, 2.45) is 5.10 Å². The van der Waals surface area contributed by atoms with Gasteiger partial charge in [0, 0.05) is 6.20 Å². The molecule has 0 aliphatic carbocycles. The van der Waals surface area contributed by atoms with Gasteiger partial charge in [-0.2, -0.15) is 5.10 Å². The maximum atomic E-state index is 5.90. The Balaban J connectivity index is 2.11. The molecule has 0 atom stereocenters. The van der Waals surface area contributed by atoms with E-state index in [9.17, 15) is 0 Å². The lowest BCUT2D eigenvalue weighted by molar-refractivity contribution is 1.29. The zero-order valence-corrected chi connectivity index (χ0v) is 10.7. The van der Waals surface area contributed by atoms with Crippen LogP contribution in [0.5, 0.6) is 0 Å². The molecule has 0 amide bonds. The van der Waals surface area contributed by atoms with Gasteiger partial charge >= 0.3 is 0 Å². The van der Waals surface area contributed by atoms with Gasteiger partial charge in [-0.15, -0.1) is 0 Å². The van der Waals surface area contributed by atoms with E-state index in [0.29, 0.717) is 10.0 Å². The van der Waals surface area contributed by atoms with Crippen LogP contribution in [0.3, 0.4) is 0 Å². The highest BCUT2D eigenvalue weighted by molar-refractivity contribution is 6.42. The van der Waals surface area contributed by atoms with Crippen LogP contribution in [0.4, 0.5) is 5.69 Å². The molecular weight excluding hydrogens is 257 g/mol. The Labute approximate surface area is 109 Å². The maximum absolute atomic E-state index is 5.90. The lowest BCUT2D eigenvalue weighted by Crippen LogP contribution is -1.99. The third-order valence-electron chi connectivity index (χ3n) is 2.26. The number of rotatable bonds is 3. The second-order valence-corrected chi connectivity index (χ2v) is 4.34. The number of H-pyrrole nitrogens is 1. The highest BCUT2D eigenvalue weighted by Crippen LogP contribution is 2.24. The Hall–Kier alpha value is -1.45. The van der Waals surface area contributed by atoms with Crippen LogP contribution in [0.25, 0.3) is 0 Å². The summed E-state index contributed by atoms with van der Waals surface area (Å²) in [7, 11) is 0. The summed E-state index contributed by atoms with van der Waals surface area (Å²) in [5.41, 5.74) is 5.55. The molecule has 0 saturated carbocycles. The first kappa shape index (κ1) is 12.0. The summed E-state index contributed by atoms with van der Waals surface area (Å²) < 4.78 is 0. The van der Waals surface area contributed by atoms with Crippen molar-refractivity contribution < 1.29 is 0 Å². The Kier molecular flexibility index (Phi) is 3.71. The Bertz CT molecular complexity index is 533. The summed E-state index contributed by atoms with van der Waals surface area (Å²) in [4.78, 5) is 3.08. The molecule has 0 saturated heterocycles. The van der Waals surface area contributed by atoms with Gasteiger partial charge in [-0.3, -0.25) is 5.43 Å². The fraction of sp³-hybridized carbons (Fsp3) is 0.0833. The Morgan fingerprint density at radius 2 is 2.06 bits per heavy atom. The van der Waals surface area contributed by atoms with Gasteiger partial charge in [0.05, 0.1) is 27.1 Å². The van der Waals surface area contributed by atoms with E-state index in [1.165, 1.54) is 0 Å². The van der Waals surface area contributed by atoms with Crippen LogP contribution in [-0.4, -0.2) is 10.7 Å². The molecule has 2 rings (SSSR count). The zero-order valence-electron chi connectivity index (χ0n) is 9.17. The van der Waals surface area contributed by atoms with Crippen LogP contribution in [0.1, 0.15) is 12.6 Å². The van der Waals surface area contributed by atoms with E-state index in [0.717, 1.165) is 17.1 Å². The van der Waals surface area contributed by atoms with Gasteiger partial charge in [0.1, 0.15) is 0 Å². The van der Waals surface area contributed by atoms with Crippen molar-refractivity contribution in [1.29, 1.82) is 0 Å². The van der Waals surface area contributed by atoms with Crippen molar-refractivity contribution in [3.8, 4) is 0 Å². The number of nitrogens with one attached hydrogen (secondary N) is 2. The third kappa shape index (κ3) is 3.02. The molecule has 0 fully saturated rings. The van der Waals surface area contributed by atoms with Crippen LogP contribution in [0.2, 0.25) is 10.0 Å². The van der Waals surface area contributed by atoms with E-state index >= 15 is 0 Å². The van der Waals surface area contributed by atoms with Gasteiger partial charge < -0.3 is 4.98 Å². The maximum Gasteiger partial charge on any atom is 0.0810 e. The molecule has 2 aromatic rings. The number of aromatic nitrogens is 1. The Morgan fingerprint density at radius 1 is 1.24 bits per heavy atom. The first-order valence-electron chi connectivity index (χ1n) is 5.06. The van der Waals surface area contributed by atoms with Crippen LogP contribution >= 0.6 is 23.2 Å². The van der Waals surface area contributed by atoms with Gasteiger partial charge in [0.15, 0.2) is 0 Å². The number of anilines is 1. The number of aromatic amines is 1. The summed E-state index contributed by atoms with van der Waals surface area (Å²) in [5.74, 6) is 0. The molecule has 1 heterocycles. The van der Waals surface area contributed by atoms with Crippen molar-refractivity contribution in [1.82, 2.24) is 4.98 Å². The minimum absolute atomic E-state index is 0.504. The number of nitrogens with zero attached hydrogens (tertiary/aromatic N) is 1. The third-order valence-corrected chi connectivity index (χ3v) is 3.00. The molecule has 0 aliphatic heterocycles. The molecule has 2 N–H and O–H groups in total. The predicted molar refractivity (Wildman–Crippen MR) is 73.1 cm³/mol. The molecule has 17 heavy (non-hydrogen) atoms. The largest absolute Gasteiger partial charge is 0.360 e. The van der Waals surface area contributed by atoms with Gasteiger partial charge in [0.25, 0.3) is 0 Å². The highest BCUT2D eigenvalue weighted by Gasteiger charge is 2.00. The first-order valence-corrected chi connectivity index (χ1v) is 5.81. The number of halogens is 2. The van der Waals surface area contributed by atoms with Crippen LogP contribution in [0, 0.1) is 0 Å². The van der Waals surface area contributed by atoms with Gasteiger partial charge in [-0.1, -0.05) is 23.2 Å². The van der Waals surface area contributed by atoms with Crippen LogP contribution in [0.15, 0.2) is 41.6 Å². The average Bonchev–Trinajstić information content (AvgIpc) is 2.84. The zero-order chi connectivity index (χ0) is 12.3. The molecule has 0 radical (unpaired) electrons. The van der Waals surface area contributed by atoms with Crippen molar-refractivity contribution in [2.45, 2.75) is 6.92 Å². The number of hydrogen-bond acceptors (Lipinski definition) is 2. The summed E-state index contributed by atoms with van der Waals surface area (Å²) in [5, 5.41) is 5.28. The number of hydrogen-bond donors (Lipinski definition) is 2. The standard InChI is InChI=1S/C12H11Cl2N3/c1-8(12-3-2-6-15-12)16-17-9-4-5-10(13)11(14)7-9/h2-7,15,17H,1H3/b16-8+. The van der Waals surface area contributed by atoms with Gasteiger partial charge in [-0.25, -0.2) is 0 Å².